The Hall–Kier alpha value is -1.05. The highest BCUT2D eigenvalue weighted by Gasteiger charge is 2.58. The summed E-state index contributed by atoms with van der Waals surface area (Å²) in [5.41, 5.74) is 1.43. The van der Waals surface area contributed by atoms with Crippen LogP contribution in [0.25, 0.3) is 0 Å². The Morgan fingerprint density at radius 3 is 2.68 bits per heavy atom. The van der Waals surface area contributed by atoms with E-state index in [1.54, 1.807) is 5.57 Å². The van der Waals surface area contributed by atoms with Crippen molar-refractivity contribution in [2.45, 2.75) is 65.7 Å². The molecule has 3 rings (SSSR count). The van der Waals surface area contributed by atoms with Gasteiger partial charge >= 0.3 is 5.97 Å². The van der Waals surface area contributed by atoms with Gasteiger partial charge in [0, 0.05) is 0 Å². The van der Waals surface area contributed by atoms with Crippen molar-refractivity contribution in [2.75, 3.05) is 0 Å². The highest BCUT2D eigenvalue weighted by atomic mass is 16.4. The van der Waals surface area contributed by atoms with Crippen LogP contribution >= 0.6 is 0 Å². The molecule has 3 aliphatic rings. The van der Waals surface area contributed by atoms with E-state index < -0.39 is 11.4 Å². The van der Waals surface area contributed by atoms with Gasteiger partial charge in [0.15, 0.2) is 0 Å². The van der Waals surface area contributed by atoms with Gasteiger partial charge in [0.1, 0.15) is 0 Å². The summed E-state index contributed by atoms with van der Waals surface area (Å²) < 4.78 is 0. The maximum absolute atomic E-state index is 11.9. The quantitative estimate of drug-likeness (QED) is 0.711. The van der Waals surface area contributed by atoms with E-state index in [1.807, 2.05) is 6.92 Å². The molecule has 0 aromatic rings. The summed E-state index contributed by atoms with van der Waals surface area (Å²) in [6, 6.07) is 0. The van der Waals surface area contributed by atoms with Crippen molar-refractivity contribution in [2.24, 2.45) is 28.1 Å². The molecule has 2 fully saturated rings. The second-order valence-electron chi connectivity index (χ2n) is 8.78. The van der Waals surface area contributed by atoms with Crippen molar-refractivity contribution in [3.63, 3.8) is 0 Å². The first kappa shape index (κ1) is 15.8. The van der Waals surface area contributed by atoms with Gasteiger partial charge in [0.05, 0.1) is 5.41 Å². The van der Waals surface area contributed by atoms with Crippen LogP contribution in [0.3, 0.4) is 0 Å². The predicted octanol–water partition coefficient (Wildman–Crippen LogP) is 5.21. The van der Waals surface area contributed by atoms with E-state index in [2.05, 4.69) is 32.6 Å². The molecule has 2 nitrogen and oxygen atoms in total. The number of hydrogen-bond donors (Lipinski definition) is 1. The van der Waals surface area contributed by atoms with Gasteiger partial charge in [0.25, 0.3) is 0 Å². The van der Waals surface area contributed by atoms with Gasteiger partial charge in [-0.1, -0.05) is 38.0 Å². The number of rotatable bonds is 2. The SMILES string of the molecule is C=C[C@@]1(C)CC[C@@H]2C(=CC[C@@H]3[C@]2(C)CCC[C@@]3(C)C(=O)O)C1. The number of aliphatic carboxylic acids is 1. The molecule has 0 bridgehead atoms. The Balaban J connectivity index is 1.98. The van der Waals surface area contributed by atoms with Crippen LogP contribution in [0.1, 0.15) is 65.7 Å². The number of carboxylic acid groups (broad SMARTS) is 1. The normalized spacial score (nSPS) is 47.9. The van der Waals surface area contributed by atoms with Crippen LogP contribution < -0.4 is 0 Å². The van der Waals surface area contributed by atoms with Crippen LogP contribution in [0.15, 0.2) is 24.3 Å². The first-order valence-corrected chi connectivity index (χ1v) is 8.81. The van der Waals surface area contributed by atoms with Gasteiger partial charge < -0.3 is 5.11 Å². The molecule has 122 valence electrons. The molecule has 3 aliphatic carbocycles. The van der Waals surface area contributed by atoms with Crippen molar-refractivity contribution in [3.05, 3.63) is 24.3 Å². The van der Waals surface area contributed by atoms with Crippen molar-refractivity contribution in [1.29, 1.82) is 0 Å². The van der Waals surface area contributed by atoms with Gasteiger partial charge in [0.2, 0.25) is 0 Å². The van der Waals surface area contributed by atoms with Gasteiger partial charge in [-0.3, -0.25) is 4.79 Å². The van der Waals surface area contributed by atoms with Crippen LogP contribution in [0.4, 0.5) is 0 Å². The highest BCUT2D eigenvalue weighted by Crippen LogP contribution is 2.63. The second kappa shape index (κ2) is 4.97. The monoisotopic (exact) mass is 302 g/mol. The minimum atomic E-state index is -0.591. The average Bonchev–Trinajstić information content (AvgIpc) is 2.46. The molecule has 5 atom stereocenters. The first-order valence-electron chi connectivity index (χ1n) is 8.81. The molecule has 2 heteroatoms. The zero-order valence-corrected chi connectivity index (χ0v) is 14.3. The second-order valence-corrected chi connectivity index (χ2v) is 8.78. The van der Waals surface area contributed by atoms with Crippen molar-refractivity contribution < 1.29 is 9.90 Å². The summed E-state index contributed by atoms with van der Waals surface area (Å²) in [5, 5.41) is 9.83. The molecule has 0 radical (unpaired) electrons. The van der Waals surface area contributed by atoms with Crippen molar-refractivity contribution >= 4 is 5.97 Å². The molecule has 1 N–H and O–H groups in total. The van der Waals surface area contributed by atoms with Crippen LogP contribution in [0.5, 0.6) is 0 Å². The smallest absolute Gasteiger partial charge is 0.309 e. The lowest BCUT2D eigenvalue weighted by Gasteiger charge is -2.58. The van der Waals surface area contributed by atoms with E-state index in [0.29, 0.717) is 5.92 Å². The zero-order valence-electron chi connectivity index (χ0n) is 14.3. The van der Waals surface area contributed by atoms with Gasteiger partial charge in [-0.15, -0.1) is 6.58 Å². The Kier molecular flexibility index (Phi) is 3.58. The zero-order chi connectivity index (χ0) is 16.2. The van der Waals surface area contributed by atoms with E-state index in [9.17, 15) is 9.90 Å². The lowest BCUT2D eigenvalue weighted by Crippen LogP contribution is -2.53. The molecule has 0 aromatic carbocycles. The first-order chi connectivity index (χ1) is 10.3. The molecule has 2 saturated carbocycles. The van der Waals surface area contributed by atoms with Crippen LogP contribution in [0, 0.1) is 28.1 Å². The molecule has 0 heterocycles. The molecule has 0 aromatic heterocycles. The summed E-state index contributed by atoms with van der Waals surface area (Å²) in [7, 11) is 0. The Bertz CT molecular complexity index is 534. The van der Waals surface area contributed by atoms with E-state index in [-0.39, 0.29) is 16.7 Å². The molecular formula is C20H30O2. The van der Waals surface area contributed by atoms with Gasteiger partial charge in [-0.25, -0.2) is 0 Å². The summed E-state index contributed by atoms with van der Waals surface area (Å²) in [4.78, 5) is 11.9. The lowest BCUT2D eigenvalue weighted by molar-refractivity contribution is -0.163. The molecule has 0 saturated heterocycles. The topological polar surface area (TPSA) is 37.3 Å². The standard InChI is InChI=1S/C20H30O2/c1-5-18(2)12-9-15-14(13-18)7-8-16-19(15,3)10-6-11-20(16,4)17(21)22/h5,7,15-16H,1,6,8-13H2,2-4H3,(H,21,22)/t15-,16-,18+,19-,20-/m1/s1. The molecule has 22 heavy (non-hydrogen) atoms. The Labute approximate surface area is 134 Å². The molecule has 0 aliphatic heterocycles. The van der Waals surface area contributed by atoms with Crippen LogP contribution in [-0.2, 0) is 4.79 Å². The summed E-state index contributed by atoms with van der Waals surface area (Å²) >= 11 is 0. The van der Waals surface area contributed by atoms with Crippen LogP contribution in [0.2, 0.25) is 0 Å². The maximum Gasteiger partial charge on any atom is 0.309 e. The third-order valence-electron chi connectivity index (χ3n) is 7.43. The molecule has 0 unspecified atom stereocenters. The van der Waals surface area contributed by atoms with Crippen molar-refractivity contribution in [3.8, 4) is 0 Å². The number of allylic oxidation sites excluding steroid dienone is 3. The van der Waals surface area contributed by atoms with E-state index in [0.717, 1.165) is 25.7 Å². The lowest BCUT2D eigenvalue weighted by atomic mass is 9.45. The molecular weight excluding hydrogens is 272 g/mol. The summed E-state index contributed by atoms with van der Waals surface area (Å²) in [6.45, 7) is 10.7. The maximum atomic E-state index is 11.9. The number of hydrogen-bond acceptors (Lipinski definition) is 1. The number of carboxylic acids is 1. The van der Waals surface area contributed by atoms with Gasteiger partial charge in [-0.05, 0) is 68.1 Å². The molecule has 0 spiro atoms. The predicted molar refractivity (Wildman–Crippen MR) is 89.5 cm³/mol. The number of carbonyl (C=O) groups is 1. The van der Waals surface area contributed by atoms with E-state index >= 15 is 0 Å². The third-order valence-corrected chi connectivity index (χ3v) is 7.43. The fourth-order valence-corrected chi connectivity index (χ4v) is 5.86. The molecule has 0 amide bonds. The largest absolute Gasteiger partial charge is 0.481 e. The third kappa shape index (κ3) is 2.10. The summed E-state index contributed by atoms with van der Waals surface area (Å²) in [6.07, 6.45) is 12.0. The van der Waals surface area contributed by atoms with Crippen LogP contribution in [-0.4, -0.2) is 11.1 Å². The van der Waals surface area contributed by atoms with E-state index in [4.69, 9.17) is 0 Å². The number of fused-ring (bicyclic) bond motifs is 3. The minimum absolute atomic E-state index is 0.165. The average molecular weight is 302 g/mol. The highest BCUT2D eigenvalue weighted by molar-refractivity contribution is 5.75. The minimum Gasteiger partial charge on any atom is -0.481 e. The van der Waals surface area contributed by atoms with Gasteiger partial charge in [-0.2, -0.15) is 0 Å². The van der Waals surface area contributed by atoms with E-state index in [1.165, 1.54) is 19.3 Å². The van der Waals surface area contributed by atoms with Crippen molar-refractivity contribution in [1.82, 2.24) is 0 Å². The fraction of sp³-hybridized carbons (Fsp3) is 0.750. The Morgan fingerprint density at radius 2 is 2.05 bits per heavy atom. The Morgan fingerprint density at radius 1 is 1.32 bits per heavy atom. The fourth-order valence-electron chi connectivity index (χ4n) is 5.86. The summed E-state index contributed by atoms with van der Waals surface area (Å²) in [5.74, 6) is 0.276.